The third-order valence-corrected chi connectivity index (χ3v) is 3.90. The van der Waals surface area contributed by atoms with E-state index in [4.69, 9.17) is 9.47 Å². The lowest BCUT2D eigenvalue weighted by Crippen LogP contribution is -1.99. The lowest BCUT2D eigenvalue weighted by atomic mass is 9.98. The van der Waals surface area contributed by atoms with Crippen LogP contribution >= 0.6 is 0 Å². The molecule has 2 aromatic carbocycles. The van der Waals surface area contributed by atoms with Crippen LogP contribution in [0.2, 0.25) is 0 Å². The number of rotatable bonds is 11. The minimum Gasteiger partial charge on any atom is -0.489 e. The molecule has 0 spiro atoms. The Morgan fingerprint density at radius 3 is 1.38 bits per heavy atom. The fraction of sp³-hybridized carbons (Fsp3) is 0.167. The summed E-state index contributed by atoms with van der Waals surface area (Å²) in [5.41, 5.74) is 4.48. The molecule has 0 atom stereocenters. The lowest BCUT2D eigenvalue weighted by Gasteiger charge is -2.14. The predicted octanol–water partition coefficient (Wildman–Crippen LogP) is 5.94. The van der Waals surface area contributed by atoms with E-state index in [0.29, 0.717) is 13.2 Å². The minimum atomic E-state index is 0.488. The maximum absolute atomic E-state index is 5.75. The monoisotopic (exact) mass is 346 g/mol. The Balaban J connectivity index is 2.39. The van der Waals surface area contributed by atoms with Crippen LogP contribution in [0, 0.1) is 0 Å². The third-order valence-electron chi connectivity index (χ3n) is 3.90. The van der Waals surface area contributed by atoms with E-state index in [1.807, 2.05) is 24.3 Å². The van der Waals surface area contributed by atoms with Gasteiger partial charge in [-0.3, -0.25) is 0 Å². The van der Waals surface area contributed by atoms with Gasteiger partial charge in [-0.25, -0.2) is 0 Å². The highest BCUT2D eigenvalue weighted by atomic mass is 16.5. The SMILES string of the molecule is C=CCOc1ccc(-c2ccc(OCC=C)c(CC=C)c2)cc1CC=C. The molecule has 0 saturated carbocycles. The van der Waals surface area contributed by atoms with E-state index in [-0.39, 0.29) is 0 Å². The lowest BCUT2D eigenvalue weighted by molar-refractivity contribution is 0.359. The van der Waals surface area contributed by atoms with Crippen molar-refractivity contribution in [2.45, 2.75) is 12.8 Å². The Labute approximate surface area is 156 Å². The summed E-state index contributed by atoms with van der Waals surface area (Å²) in [6, 6.07) is 12.5. The van der Waals surface area contributed by atoms with Crippen LogP contribution in [-0.4, -0.2) is 13.2 Å². The summed E-state index contributed by atoms with van der Waals surface area (Å²) in [5, 5.41) is 0. The molecular weight excluding hydrogens is 320 g/mol. The fourth-order valence-electron chi connectivity index (χ4n) is 2.73. The first-order valence-electron chi connectivity index (χ1n) is 8.68. The Morgan fingerprint density at radius 1 is 0.615 bits per heavy atom. The van der Waals surface area contributed by atoms with Gasteiger partial charge in [0.05, 0.1) is 0 Å². The van der Waals surface area contributed by atoms with Crippen molar-refractivity contribution >= 4 is 0 Å². The van der Waals surface area contributed by atoms with Gasteiger partial charge in [0.25, 0.3) is 0 Å². The van der Waals surface area contributed by atoms with Crippen molar-refractivity contribution in [3.63, 3.8) is 0 Å². The van der Waals surface area contributed by atoms with Gasteiger partial charge in [-0.2, -0.15) is 0 Å². The molecule has 2 aromatic rings. The van der Waals surface area contributed by atoms with Gasteiger partial charge in [-0.1, -0.05) is 49.6 Å². The molecule has 0 saturated heterocycles. The average molecular weight is 346 g/mol. The van der Waals surface area contributed by atoms with E-state index in [2.05, 4.69) is 50.6 Å². The normalized spacial score (nSPS) is 10.0. The topological polar surface area (TPSA) is 18.5 Å². The van der Waals surface area contributed by atoms with Crippen molar-refractivity contribution in [1.82, 2.24) is 0 Å². The number of benzene rings is 2. The maximum atomic E-state index is 5.75. The van der Waals surface area contributed by atoms with E-state index < -0.39 is 0 Å². The van der Waals surface area contributed by atoms with Crippen molar-refractivity contribution < 1.29 is 9.47 Å². The molecule has 2 heteroatoms. The molecule has 134 valence electrons. The van der Waals surface area contributed by atoms with E-state index >= 15 is 0 Å². The summed E-state index contributed by atoms with van der Waals surface area (Å²) in [6.45, 7) is 16.1. The average Bonchev–Trinajstić information content (AvgIpc) is 2.66. The van der Waals surface area contributed by atoms with Gasteiger partial charge < -0.3 is 9.47 Å². The molecule has 0 N–H and O–H groups in total. The van der Waals surface area contributed by atoms with Gasteiger partial charge in [-0.15, -0.1) is 13.2 Å². The van der Waals surface area contributed by atoms with E-state index in [1.54, 1.807) is 12.2 Å². The van der Waals surface area contributed by atoms with Gasteiger partial charge in [0.15, 0.2) is 0 Å². The standard InChI is InChI=1S/C24H26O2/c1-5-9-21-17-19(11-13-23(21)25-15-7-3)20-12-14-24(26-16-8-4)22(18-20)10-6-2/h5-8,11-14,17-18H,1-4,9-10,15-16H2. The second-order valence-corrected chi connectivity index (χ2v) is 5.83. The van der Waals surface area contributed by atoms with Gasteiger partial charge in [0.1, 0.15) is 24.7 Å². The highest BCUT2D eigenvalue weighted by Gasteiger charge is 2.09. The molecule has 2 rings (SSSR count). The van der Waals surface area contributed by atoms with Crippen LogP contribution in [0.5, 0.6) is 11.5 Å². The van der Waals surface area contributed by atoms with Crippen molar-refractivity contribution in [3.8, 4) is 22.6 Å². The van der Waals surface area contributed by atoms with Gasteiger partial charge in [0, 0.05) is 0 Å². The molecule has 0 radical (unpaired) electrons. The Morgan fingerprint density at radius 2 is 1.04 bits per heavy atom. The maximum Gasteiger partial charge on any atom is 0.123 e. The molecule has 0 bridgehead atoms. The molecule has 0 aliphatic heterocycles. The van der Waals surface area contributed by atoms with Crippen LogP contribution in [0.25, 0.3) is 11.1 Å². The number of allylic oxidation sites excluding steroid dienone is 2. The molecule has 26 heavy (non-hydrogen) atoms. The smallest absolute Gasteiger partial charge is 0.123 e. The predicted molar refractivity (Wildman–Crippen MR) is 111 cm³/mol. The van der Waals surface area contributed by atoms with Crippen molar-refractivity contribution in [2.24, 2.45) is 0 Å². The summed E-state index contributed by atoms with van der Waals surface area (Å²) in [5.74, 6) is 1.73. The van der Waals surface area contributed by atoms with Gasteiger partial charge >= 0.3 is 0 Å². The first-order chi connectivity index (χ1) is 12.7. The quantitative estimate of drug-likeness (QED) is 0.469. The molecule has 0 amide bonds. The van der Waals surface area contributed by atoms with Crippen molar-refractivity contribution in [2.75, 3.05) is 13.2 Å². The second-order valence-electron chi connectivity index (χ2n) is 5.83. The van der Waals surface area contributed by atoms with E-state index in [0.717, 1.165) is 46.6 Å². The number of hydrogen-bond acceptors (Lipinski definition) is 2. The Hall–Kier alpha value is -3.00. The Bertz CT molecular complexity index is 719. The largest absolute Gasteiger partial charge is 0.489 e. The van der Waals surface area contributed by atoms with Crippen molar-refractivity contribution in [3.05, 3.63) is 98.1 Å². The second kappa shape index (κ2) is 10.1. The van der Waals surface area contributed by atoms with Gasteiger partial charge in [-0.05, 0) is 59.4 Å². The minimum absolute atomic E-state index is 0.488. The van der Waals surface area contributed by atoms with Crippen molar-refractivity contribution in [1.29, 1.82) is 0 Å². The molecular formula is C24H26O2. The summed E-state index contributed by atoms with van der Waals surface area (Å²) in [4.78, 5) is 0. The first kappa shape index (κ1) is 19.3. The molecule has 0 unspecified atom stereocenters. The summed E-state index contributed by atoms with van der Waals surface area (Å²) < 4.78 is 11.5. The molecule has 0 aromatic heterocycles. The molecule has 0 aliphatic carbocycles. The molecule has 2 nitrogen and oxygen atoms in total. The molecule has 0 fully saturated rings. The summed E-state index contributed by atoms with van der Waals surface area (Å²) in [7, 11) is 0. The fourth-order valence-corrected chi connectivity index (χ4v) is 2.73. The van der Waals surface area contributed by atoms with Crippen LogP contribution in [0.3, 0.4) is 0 Å². The third kappa shape index (κ3) is 5.00. The van der Waals surface area contributed by atoms with Gasteiger partial charge in [0.2, 0.25) is 0 Å². The highest BCUT2D eigenvalue weighted by molar-refractivity contribution is 5.68. The number of hydrogen-bond donors (Lipinski definition) is 0. The van der Waals surface area contributed by atoms with Crippen LogP contribution in [0.4, 0.5) is 0 Å². The zero-order chi connectivity index (χ0) is 18.8. The van der Waals surface area contributed by atoms with Crippen LogP contribution < -0.4 is 9.47 Å². The summed E-state index contributed by atoms with van der Waals surface area (Å²) >= 11 is 0. The van der Waals surface area contributed by atoms with Crippen LogP contribution in [-0.2, 0) is 12.8 Å². The van der Waals surface area contributed by atoms with Crippen LogP contribution in [0.15, 0.2) is 87.0 Å². The summed E-state index contributed by atoms with van der Waals surface area (Å²) in [6.07, 6.45) is 8.76. The first-order valence-corrected chi connectivity index (χ1v) is 8.68. The van der Waals surface area contributed by atoms with Crippen LogP contribution in [0.1, 0.15) is 11.1 Å². The molecule has 0 heterocycles. The molecule has 0 aliphatic rings. The zero-order valence-electron chi connectivity index (χ0n) is 15.2. The Kier molecular flexibility index (Phi) is 7.50. The van der Waals surface area contributed by atoms with E-state index in [9.17, 15) is 0 Å². The van der Waals surface area contributed by atoms with E-state index in [1.165, 1.54) is 0 Å². The highest BCUT2D eigenvalue weighted by Crippen LogP contribution is 2.31. The number of ether oxygens (including phenoxy) is 2. The zero-order valence-corrected chi connectivity index (χ0v) is 15.2.